The molecule has 2 amide bonds. The van der Waals surface area contributed by atoms with Crippen molar-refractivity contribution in [3.05, 3.63) is 53.6 Å². The van der Waals surface area contributed by atoms with E-state index >= 15 is 0 Å². The number of nitrogens with zero attached hydrogens (tertiary/aromatic N) is 1. The van der Waals surface area contributed by atoms with E-state index in [9.17, 15) is 9.59 Å². The average molecular weight is 411 g/mol. The summed E-state index contributed by atoms with van der Waals surface area (Å²) in [5.41, 5.74) is 3.32. The second-order valence-corrected chi connectivity index (χ2v) is 8.61. The molecule has 0 unspecified atom stereocenters. The zero-order valence-corrected chi connectivity index (χ0v) is 17.5. The van der Waals surface area contributed by atoms with Gasteiger partial charge in [0.2, 0.25) is 5.91 Å². The highest BCUT2D eigenvalue weighted by molar-refractivity contribution is 7.99. The lowest BCUT2D eigenvalue weighted by Gasteiger charge is -2.19. The molecular weight excluding hydrogens is 384 g/mol. The Morgan fingerprint density at radius 1 is 1.24 bits per heavy atom. The van der Waals surface area contributed by atoms with Crippen LogP contribution in [0.2, 0.25) is 0 Å². The minimum absolute atomic E-state index is 0.121. The summed E-state index contributed by atoms with van der Waals surface area (Å²) in [6.45, 7) is 3.58. The van der Waals surface area contributed by atoms with Crippen LogP contribution in [0.25, 0.3) is 0 Å². The van der Waals surface area contributed by atoms with E-state index < -0.39 is 0 Å². The second kappa shape index (κ2) is 9.01. The number of carbonyl (C=O) groups is 2. The van der Waals surface area contributed by atoms with E-state index in [1.54, 1.807) is 11.8 Å². The van der Waals surface area contributed by atoms with Crippen molar-refractivity contribution >= 4 is 35.0 Å². The van der Waals surface area contributed by atoms with Crippen molar-refractivity contribution in [2.75, 3.05) is 29.1 Å². The summed E-state index contributed by atoms with van der Waals surface area (Å²) in [5.74, 6) is 0.911. The first-order valence-electron chi connectivity index (χ1n) is 10.2. The molecule has 29 heavy (non-hydrogen) atoms. The normalized spacial score (nSPS) is 19.0. The van der Waals surface area contributed by atoms with Crippen LogP contribution in [0.4, 0.5) is 11.4 Å². The van der Waals surface area contributed by atoms with E-state index in [0.29, 0.717) is 12.0 Å². The molecule has 2 aliphatic rings. The summed E-state index contributed by atoms with van der Waals surface area (Å²) >= 11 is 1.68. The third-order valence-corrected chi connectivity index (χ3v) is 6.60. The van der Waals surface area contributed by atoms with Crippen LogP contribution >= 0.6 is 11.8 Å². The molecule has 5 nitrogen and oxygen atoms in total. The third-order valence-electron chi connectivity index (χ3n) is 5.40. The maximum atomic E-state index is 12.9. The van der Waals surface area contributed by atoms with E-state index in [2.05, 4.69) is 5.32 Å². The van der Waals surface area contributed by atoms with Crippen molar-refractivity contribution in [2.45, 2.75) is 43.6 Å². The van der Waals surface area contributed by atoms with Gasteiger partial charge in [0.1, 0.15) is 0 Å². The quantitative estimate of drug-likeness (QED) is 0.705. The first kappa shape index (κ1) is 20.0. The van der Waals surface area contributed by atoms with Gasteiger partial charge in [-0.05, 0) is 62.1 Å². The topological polar surface area (TPSA) is 58.6 Å². The summed E-state index contributed by atoms with van der Waals surface area (Å²) in [7, 11) is 0. The summed E-state index contributed by atoms with van der Waals surface area (Å²) in [6.07, 6.45) is 3.99. The van der Waals surface area contributed by atoms with Crippen LogP contribution < -0.4 is 10.2 Å². The summed E-state index contributed by atoms with van der Waals surface area (Å²) in [6, 6.07) is 13.4. The Hall–Kier alpha value is -2.31. The third kappa shape index (κ3) is 4.65. The number of thioether (sulfide) groups is 1. The van der Waals surface area contributed by atoms with Crippen LogP contribution in [-0.4, -0.2) is 36.8 Å². The molecule has 0 bridgehead atoms. The monoisotopic (exact) mass is 410 g/mol. The maximum Gasteiger partial charge on any atom is 0.256 e. The van der Waals surface area contributed by atoms with Crippen LogP contribution in [0.5, 0.6) is 0 Å². The predicted molar refractivity (Wildman–Crippen MR) is 117 cm³/mol. The van der Waals surface area contributed by atoms with Crippen molar-refractivity contribution in [3.8, 4) is 0 Å². The number of hydrogen-bond donors (Lipinski definition) is 1. The SMILES string of the molecule is Cc1cc(NC(=O)c2ccccc2SC[C@@H]2CCCO2)ccc1N1CCCC1=O. The molecule has 2 fully saturated rings. The average Bonchev–Trinajstić information content (AvgIpc) is 3.38. The number of aryl methyl sites for hydroxylation is 1. The van der Waals surface area contributed by atoms with E-state index in [1.807, 2.05) is 54.3 Å². The number of amides is 2. The van der Waals surface area contributed by atoms with Gasteiger partial charge in [-0.15, -0.1) is 11.8 Å². The van der Waals surface area contributed by atoms with Gasteiger partial charge in [-0.1, -0.05) is 12.1 Å². The molecule has 2 heterocycles. The molecule has 1 atom stereocenters. The fraction of sp³-hybridized carbons (Fsp3) is 0.391. The van der Waals surface area contributed by atoms with E-state index in [4.69, 9.17) is 4.74 Å². The van der Waals surface area contributed by atoms with Gasteiger partial charge in [-0.3, -0.25) is 9.59 Å². The molecule has 1 N–H and O–H groups in total. The highest BCUT2D eigenvalue weighted by atomic mass is 32.2. The fourth-order valence-corrected chi connectivity index (χ4v) is 5.00. The molecule has 0 saturated carbocycles. The minimum atomic E-state index is -0.121. The molecular formula is C23H26N2O3S. The molecule has 0 radical (unpaired) electrons. The molecule has 2 saturated heterocycles. The number of benzene rings is 2. The Kier molecular flexibility index (Phi) is 6.21. The molecule has 2 aliphatic heterocycles. The largest absolute Gasteiger partial charge is 0.377 e. The van der Waals surface area contributed by atoms with Gasteiger partial charge < -0.3 is 15.0 Å². The Labute approximate surface area is 175 Å². The highest BCUT2D eigenvalue weighted by Gasteiger charge is 2.23. The minimum Gasteiger partial charge on any atom is -0.377 e. The van der Waals surface area contributed by atoms with Crippen LogP contribution in [0.15, 0.2) is 47.4 Å². The van der Waals surface area contributed by atoms with Crippen molar-refractivity contribution in [3.63, 3.8) is 0 Å². The zero-order chi connectivity index (χ0) is 20.2. The van der Waals surface area contributed by atoms with E-state index in [0.717, 1.165) is 60.0 Å². The lowest BCUT2D eigenvalue weighted by molar-refractivity contribution is -0.117. The second-order valence-electron chi connectivity index (χ2n) is 7.55. The molecule has 2 aromatic rings. The fourth-order valence-electron chi connectivity index (χ4n) is 3.88. The van der Waals surface area contributed by atoms with Gasteiger partial charge in [-0.25, -0.2) is 0 Å². The molecule has 4 rings (SSSR count). The molecule has 0 aliphatic carbocycles. The highest BCUT2D eigenvalue weighted by Crippen LogP contribution is 2.29. The van der Waals surface area contributed by atoms with Crippen LogP contribution in [0.3, 0.4) is 0 Å². The number of carbonyl (C=O) groups excluding carboxylic acids is 2. The molecule has 0 spiro atoms. The predicted octanol–water partition coefficient (Wildman–Crippen LogP) is 4.65. The lowest BCUT2D eigenvalue weighted by Crippen LogP contribution is -2.24. The first-order valence-corrected chi connectivity index (χ1v) is 11.2. The Balaban J connectivity index is 1.45. The molecule has 6 heteroatoms. The van der Waals surface area contributed by atoms with Gasteiger partial charge in [0.25, 0.3) is 5.91 Å². The number of ether oxygens (including phenoxy) is 1. The zero-order valence-electron chi connectivity index (χ0n) is 16.6. The van der Waals surface area contributed by atoms with Gasteiger partial charge in [0.05, 0.1) is 11.7 Å². The van der Waals surface area contributed by atoms with Crippen LogP contribution in [0.1, 0.15) is 41.6 Å². The number of nitrogens with one attached hydrogen (secondary N) is 1. The van der Waals surface area contributed by atoms with Crippen LogP contribution in [-0.2, 0) is 9.53 Å². The lowest BCUT2D eigenvalue weighted by atomic mass is 10.1. The summed E-state index contributed by atoms with van der Waals surface area (Å²) in [4.78, 5) is 27.7. The Morgan fingerprint density at radius 3 is 2.83 bits per heavy atom. The van der Waals surface area contributed by atoms with Crippen LogP contribution in [0, 0.1) is 6.92 Å². The van der Waals surface area contributed by atoms with E-state index in [1.165, 1.54) is 0 Å². The smallest absolute Gasteiger partial charge is 0.256 e. The van der Waals surface area contributed by atoms with Crippen molar-refractivity contribution < 1.29 is 14.3 Å². The van der Waals surface area contributed by atoms with Gasteiger partial charge in [0, 0.05) is 41.6 Å². The van der Waals surface area contributed by atoms with Crippen molar-refractivity contribution in [1.29, 1.82) is 0 Å². The van der Waals surface area contributed by atoms with Crippen molar-refractivity contribution in [1.82, 2.24) is 0 Å². The number of rotatable bonds is 6. The summed E-state index contributed by atoms with van der Waals surface area (Å²) < 4.78 is 5.70. The van der Waals surface area contributed by atoms with Gasteiger partial charge in [0.15, 0.2) is 0 Å². The molecule has 2 aromatic carbocycles. The van der Waals surface area contributed by atoms with Crippen molar-refractivity contribution in [2.24, 2.45) is 0 Å². The Morgan fingerprint density at radius 2 is 2.10 bits per heavy atom. The number of hydrogen-bond acceptors (Lipinski definition) is 4. The van der Waals surface area contributed by atoms with Gasteiger partial charge in [-0.2, -0.15) is 0 Å². The Bertz CT molecular complexity index is 909. The maximum absolute atomic E-state index is 12.9. The molecule has 152 valence electrons. The standard InChI is InChI=1S/C23H26N2O3S/c1-16-14-17(10-11-20(16)25-12-4-9-22(25)26)24-23(27)19-7-2-3-8-21(19)29-15-18-6-5-13-28-18/h2-3,7-8,10-11,14,18H,4-6,9,12-13,15H2,1H3,(H,24,27)/t18-/m0/s1. The molecule has 0 aromatic heterocycles. The number of anilines is 2. The summed E-state index contributed by atoms with van der Waals surface area (Å²) in [5, 5.41) is 3.01. The first-order chi connectivity index (χ1) is 14.1. The van der Waals surface area contributed by atoms with Gasteiger partial charge >= 0.3 is 0 Å². The van der Waals surface area contributed by atoms with E-state index in [-0.39, 0.29) is 17.9 Å².